The summed E-state index contributed by atoms with van der Waals surface area (Å²) >= 11 is 0. The summed E-state index contributed by atoms with van der Waals surface area (Å²) in [5.41, 5.74) is 1.54. The molecule has 0 aromatic carbocycles. The highest BCUT2D eigenvalue weighted by molar-refractivity contribution is 5.76. The summed E-state index contributed by atoms with van der Waals surface area (Å²) in [6, 6.07) is 0. The van der Waals surface area contributed by atoms with Gasteiger partial charge in [-0.15, -0.1) is 0 Å². The Morgan fingerprint density at radius 2 is 2.00 bits per heavy atom. The number of carbonyl (C=O) groups is 1. The van der Waals surface area contributed by atoms with Crippen molar-refractivity contribution in [3.05, 3.63) is 27.4 Å². The van der Waals surface area contributed by atoms with E-state index in [-0.39, 0.29) is 5.69 Å². The number of carboxylic acid groups (broad SMARTS) is 1. The van der Waals surface area contributed by atoms with Gasteiger partial charge in [-0.3, -0.25) is 9.36 Å². The van der Waals surface area contributed by atoms with E-state index in [1.165, 1.54) is 0 Å². The molecule has 6 nitrogen and oxygen atoms in total. The quantitative estimate of drug-likeness (QED) is 0.741. The number of ether oxygens (including phenoxy) is 1. The number of methoxy groups -OCH3 is 1. The molecular formula is C15H24N2O4. The molecule has 0 saturated carbocycles. The maximum Gasteiger partial charge on any atom is 0.347 e. The topological polar surface area (TPSA) is 81.4 Å². The van der Waals surface area contributed by atoms with Crippen LogP contribution in [0.2, 0.25) is 0 Å². The third kappa shape index (κ3) is 4.39. The number of unbranched alkanes of at least 4 members (excludes halogenated alkanes) is 2. The van der Waals surface area contributed by atoms with Gasteiger partial charge in [-0.25, -0.2) is 4.79 Å². The van der Waals surface area contributed by atoms with Crippen molar-refractivity contribution < 1.29 is 14.6 Å². The fraction of sp³-hybridized carbons (Fsp3) is 0.667. The summed E-state index contributed by atoms with van der Waals surface area (Å²) in [4.78, 5) is 27.2. The van der Waals surface area contributed by atoms with Crippen LogP contribution in [0.5, 0.6) is 0 Å². The fourth-order valence-electron chi connectivity index (χ4n) is 2.52. The van der Waals surface area contributed by atoms with Crippen molar-refractivity contribution in [3.63, 3.8) is 0 Å². The van der Waals surface area contributed by atoms with Crippen molar-refractivity contribution in [2.45, 2.75) is 52.5 Å². The van der Waals surface area contributed by atoms with Crippen LogP contribution in [-0.4, -0.2) is 34.3 Å². The van der Waals surface area contributed by atoms with Crippen LogP contribution in [0, 0.1) is 13.8 Å². The van der Waals surface area contributed by atoms with Crippen molar-refractivity contribution in [3.8, 4) is 0 Å². The zero-order chi connectivity index (χ0) is 16.0. The normalized spacial score (nSPS) is 12.4. The second kappa shape index (κ2) is 7.93. The van der Waals surface area contributed by atoms with Crippen LogP contribution >= 0.6 is 0 Å². The first-order chi connectivity index (χ1) is 9.90. The van der Waals surface area contributed by atoms with Gasteiger partial charge < -0.3 is 9.84 Å². The Labute approximate surface area is 124 Å². The van der Waals surface area contributed by atoms with Gasteiger partial charge in [0.1, 0.15) is 0 Å². The molecule has 1 rings (SSSR count). The van der Waals surface area contributed by atoms with Gasteiger partial charge in [0.05, 0.1) is 5.92 Å². The molecule has 21 heavy (non-hydrogen) atoms. The third-order valence-electron chi connectivity index (χ3n) is 3.71. The standard InChI is InChI=1S/C15H24N2O4/c1-10(14(18)19)13-11(2)16-15(20)17(12(13)3)8-6-5-7-9-21-4/h10H,5-9H2,1-4H3,(H,18,19). The lowest BCUT2D eigenvalue weighted by Gasteiger charge is -2.18. The Bertz CT molecular complexity index is 551. The van der Waals surface area contributed by atoms with E-state index in [2.05, 4.69) is 4.98 Å². The predicted molar refractivity (Wildman–Crippen MR) is 79.7 cm³/mol. The van der Waals surface area contributed by atoms with Crippen LogP contribution in [0.4, 0.5) is 0 Å². The number of rotatable bonds is 8. The van der Waals surface area contributed by atoms with E-state index in [1.54, 1.807) is 32.4 Å². The molecule has 1 aromatic rings. The van der Waals surface area contributed by atoms with Gasteiger partial charge in [0, 0.05) is 37.2 Å². The summed E-state index contributed by atoms with van der Waals surface area (Å²) in [6.45, 7) is 6.36. The molecular weight excluding hydrogens is 272 g/mol. The minimum atomic E-state index is -0.909. The van der Waals surface area contributed by atoms with Gasteiger partial charge in [-0.2, -0.15) is 4.98 Å². The van der Waals surface area contributed by atoms with Gasteiger partial charge >= 0.3 is 11.7 Å². The van der Waals surface area contributed by atoms with E-state index in [9.17, 15) is 14.7 Å². The molecule has 118 valence electrons. The molecule has 1 N–H and O–H groups in total. The van der Waals surface area contributed by atoms with E-state index in [4.69, 9.17) is 4.74 Å². The molecule has 0 bridgehead atoms. The smallest absolute Gasteiger partial charge is 0.347 e. The SMILES string of the molecule is COCCCCCn1c(C)c(C(C)C(=O)O)c(C)nc1=O. The average Bonchev–Trinajstić information content (AvgIpc) is 2.41. The lowest BCUT2D eigenvalue weighted by atomic mass is 9.98. The van der Waals surface area contributed by atoms with Crippen LogP contribution in [0.25, 0.3) is 0 Å². The summed E-state index contributed by atoms with van der Waals surface area (Å²) in [5.74, 6) is -1.58. The molecule has 0 aliphatic rings. The molecule has 1 aromatic heterocycles. The first-order valence-electron chi connectivity index (χ1n) is 7.19. The zero-order valence-electron chi connectivity index (χ0n) is 13.2. The average molecular weight is 296 g/mol. The van der Waals surface area contributed by atoms with Crippen LogP contribution in [0.15, 0.2) is 4.79 Å². The number of hydrogen-bond acceptors (Lipinski definition) is 4. The molecule has 0 radical (unpaired) electrons. The van der Waals surface area contributed by atoms with Gasteiger partial charge in [-0.1, -0.05) is 0 Å². The van der Waals surface area contributed by atoms with E-state index in [0.717, 1.165) is 19.3 Å². The maximum absolute atomic E-state index is 12.0. The van der Waals surface area contributed by atoms with Crippen LogP contribution in [-0.2, 0) is 16.1 Å². The first kappa shape index (κ1) is 17.4. The molecule has 0 fully saturated rings. The van der Waals surface area contributed by atoms with Crippen molar-refractivity contribution >= 4 is 5.97 Å². The van der Waals surface area contributed by atoms with Crippen LogP contribution in [0.1, 0.15) is 49.1 Å². The second-order valence-electron chi connectivity index (χ2n) is 5.24. The third-order valence-corrected chi connectivity index (χ3v) is 3.71. The molecule has 1 atom stereocenters. The summed E-state index contributed by atoms with van der Waals surface area (Å²) in [7, 11) is 1.66. The van der Waals surface area contributed by atoms with Gasteiger partial charge in [0.2, 0.25) is 0 Å². The molecule has 0 aliphatic carbocycles. The molecule has 0 amide bonds. The number of nitrogens with zero attached hydrogens (tertiary/aromatic N) is 2. The molecule has 6 heteroatoms. The Morgan fingerprint density at radius 1 is 1.33 bits per heavy atom. The highest BCUT2D eigenvalue weighted by Gasteiger charge is 2.21. The molecule has 0 aliphatic heterocycles. The van der Waals surface area contributed by atoms with E-state index in [0.29, 0.717) is 30.1 Å². The van der Waals surface area contributed by atoms with Crippen molar-refractivity contribution in [1.29, 1.82) is 0 Å². The van der Waals surface area contributed by atoms with Gasteiger partial charge in [0.15, 0.2) is 0 Å². The second-order valence-corrected chi connectivity index (χ2v) is 5.24. The largest absolute Gasteiger partial charge is 0.481 e. The summed E-state index contributed by atoms with van der Waals surface area (Å²) < 4.78 is 6.57. The van der Waals surface area contributed by atoms with Crippen LogP contribution in [0.3, 0.4) is 0 Å². The maximum atomic E-state index is 12.0. The highest BCUT2D eigenvalue weighted by atomic mass is 16.5. The monoisotopic (exact) mass is 296 g/mol. The minimum absolute atomic E-state index is 0.307. The predicted octanol–water partition coefficient (Wildman–Crippen LogP) is 1.86. The zero-order valence-corrected chi connectivity index (χ0v) is 13.2. The number of carboxylic acids is 1. The summed E-state index contributed by atoms with van der Waals surface area (Å²) in [5, 5.41) is 9.19. The van der Waals surface area contributed by atoms with E-state index in [1.807, 2.05) is 0 Å². The van der Waals surface area contributed by atoms with Gasteiger partial charge in [0.25, 0.3) is 0 Å². The lowest BCUT2D eigenvalue weighted by Crippen LogP contribution is -2.29. The molecule has 0 saturated heterocycles. The lowest BCUT2D eigenvalue weighted by molar-refractivity contribution is -0.138. The molecule has 1 heterocycles. The van der Waals surface area contributed by atoms with Crippen LogP contribution < -0.4 is 5.69 Å². The minimum Gasteiger partial charge on any atom is -0.481 e. The first-order valence-corrected chi connectivity index (χ1v) is 7.19. The van der Waals surface area contributed by atoms with Crippen molar-refractivity contribution in [2.24, 2.45) is 0 Å². The number of hydrogen-bond donors (Lipinski definition) is 1. The Morgan fingerprint density at radius 3 is 2.57 bits per heavy atom. The van der Waals surface area contributed by atoms with Crippen molar-refractivity contribution in [2.75, 3.05) is 13.7 Å². The van der Waals surface area contributed by atoms with E-state index >= 15 is 0 Å². The summed E-state index contributed by atoms with van der Waals surface area (Å²) in [6.07, 6.45) is 2.75. The highest BCUT2D eigenvalue weighted by Crippen LogP contribution is 2.21. The number of aromatic nitrogens is 2. The Kier molecular flexibility index (Phi) is 6.55. The molecule has 0 spiro atoms. The number of aryl methyl sites for hydroxylation is 1. The molecule has 1 unspecified atom stereocenters. The van der Waals surface area contributed by atoms with Gasteiger partial charge in [-0.05, 0) is 40.0 Å². The fourth-order valence-corrected chi connectivity index (χ4v) is 2.52. The van der Waals surface area contributed by atoms with Crippen molar-refractivity contribution in [1.82, 2.24) is 9.55 Å². The van der Waals surface area contributed by atoms with E-state index < -0.39 is 11.9 Å². The number of aliphatic carboxylic acids is 1. The Hall–Kier alpha value is -1.69. The Balaban J connectivity index is 2.97.